The number of fused-ring (bicyclic) bond motifs is 1. The summed E-state index contributed by atoms with van der Waals surface area (Å²) in [5, 5.41) is 0. The van der Waals surface area contributed by atoms with Gasteiger partial charge in [0.1, 0.15) is 6.04 Å². The van der Waals surface area contributed by atoms with Crippen molar-refractivity contribution in [3.8, 4) is 0 Å². The fourth-order valence-corrected chi connectivity index (χ4v) is 2.90. The lowest BCUT2D eigenvalue weighted by Crippen LogP contribution is -2.47. The van der Waals surface area contributed by atoms with Crippen molar-refractivity contribution in [2.24, 2.45) is 5.92 Å². The van der Waals surface area contributed by atoms with Crippen molar-refractivity contribution >= 4 is 17.8 Å². The lowest BCUT2D eigenvalue weighted by Gasteiger charge is -2.32. The summed E-state index contributed by atoms with van der Waals surface area (Å²) in [7, 11) is 0. The van der Waals surface area contributed by atoms with E-state index in [-0.39, 0.29) is 30.8 Å². The van der Waals surface area contributed by atoms with E-state index >= 15 is 0 Å². The van der Waals surface area contributed by atoms with Crippen LogP contribution in [0.3, 0.4) is 0 Å². The van der Waals surface area contributed by atoms with E-state index in [0.29, 0.717) is 12.8 Å². The van der Waals surface area contributed by atoms with Crippen LogP contribution in [0.25, 0.3) is 0 Å². The topological polar surface area (TPSA) is 82.1 Å². The first kappa shape index (κ1) is 16.3. The van der Waals surface area contributed by atoms with Gasteiger partial charge in [-0.05, 0) is 32.8 Å². The van der Waals surface area contributed by atoms with Gasteiger partial charge >= 0.3 is 11.9 Å². The predicted octanol–water partition coefficient (Wildman–Crippen LogP) is 0.980. The zero-order chi connectivity index (χ0) is 16.3. The van der Waals surface area contributed by atoms with E-state index in [2.05, 4.69) is 0 Å². The highest BCUT2D eigenvalue weighted by Crippen LogP contribution is 2.38. The largest absolute Gasteiger partial charge is 0.464 e. The molecule has 22 heavy (non-hydrogen) atoms. The van der Waals surface area contributed by atoms with Crippen molar-refractivity contribution in [1.82, 2.24) is 4.90 Å². The van der Waals surface area contributed by atoms with Gasteiger partial charge in [0.2, 0.25) is 11.7 Å². The molecule has 0 saturated carbocycles. The van der Waals surface area contributed by atoms with Crippen LogP contribution in [0.4, 0.5) is 0 Å². The molecule has 2 rings (SSSR count). The van der Waals surface area contributed by atoms with Crippen LogP contribution in [0.2, 0.25) is 0 Å². The molecular weight excluding hydrogens is 290 g/mol. The molecular formula is C15H21NO6. The third kappa shape index (κ3) is 3.08. The van der Waals surface area contributed by atoms with Crippen LogP contribution >= 0.6 is 0 Å². The van der Waals surface area contributed by atoms with Crippen molar-refractivity contribution < 1.29 is 28.6 Å². The molecule has 0 aromatic carbocycles. The summed E-state index contributed by atoms with van der Waals surface area (Å²) in [6.45, 7) is 5.30. The summed E-state index contributed by atoms with van der Waals surface area (Å²) in [5.41, 5.74) is 0. The predicted molar refractivity (Wildman–Crippen MR) is 75.3 cm³/mol. The van der Waals surface area contributed by atoms with Crippen molar-refractivity contribution in [2.45, 2.75) is 45.9 Å². The van der Waals surface area contributed by atoms with E-state index in [1.165, 1.54) is 11.8 Å². The standard InChI is InChI=1S/C15H21NO6/c1-4-20-14(18)11-8-10-6-7-12(15(19)21-5-2)22-13(10)16(11)9(3)17/h7,10-11,13H,4-6,8H2,1-3H3/t10-,11-,13-/m0/s1. The highest BCUT2D eigenvalue weighted by atomic mass is 16.6. The second-order valence-corrected chi connectivity index (χ2v) is 5.22. The number of carbonyl (C=O) groups excluding carboxylic acids is 3. The van der Waals surface area contributed by atoms with Gasteiger partial charge < -0.3 is 14.2 Å². The number of rotatable bonds is 4. The minimum atomic E-state index is -0.664. The molecule has 2 aliphatic heterocycles. The van der Waals surface area contributed by atoms with Crippen LogP contribution in [0.15, 0.2) is 11.8 Å². The number of hydrogen-bond acceptors (Lipinski definition) is 6. The van der Waals surface area contributed by atoms with Gasteiger partial charge in [-0.1, -0.05) is 0 Å². The lowest BCUT2D eigenvalue weighted by atomic mass is 9.98. The van der Waals surface area contributed by atoms with Gasteiger partial charge in [0.25, 0.3) is 0 Å². The van der Waals surface area contributed by atoms with Crippen molar-refractivity contribution in [1.29, 1.82) is 0 Å². The zero-order valence-electron chi connectivity index (χ0n) is 13.0. The van der Waals surface area contributed by atoms with Gasteiger partial charge in [0.05, 0.1) is 13.2 Å². The van der Waals surface area contributed by atoms with Gasteiger partial charge in [-0.3, -0.25) is 9.69 Å². The fraction of sp³-hybridized carbons (Fsp3) is 0.667. The molecule has 7 nitrogen and oxygen atoms in total. The Balaban J connectivity index is 2.16. The Kier molecular flexibility index (Phi) is 5.05. The maximum absolute atomic E-state index is 12.0. The molecule has 2 aliphatic rings. The van der Waals surface area contributed by atoms with Gasteiger partial charge in [-0.15, -0.1) is 0 Å². The SMILES string of the molecule is CCOC(=O)C1=CC[C@H]2C[C@@H](C(=O)OCC)N(C(C)=O)[C@H]2O1. The van der Waals surface area contributed by atoms with Crippen LogP contribution in [-0.2, 0) is 28.6 Å². The average molecular weight is 311 g/mol. The van der Waals surface area contributed by atoms with Crippen LogP contribution in [0, 0.1) is 5.92 Å². The summed E-state index contributed by atoms with van der Waals surface area (Å²) in [5.74, 6) is -1.21. The number of ether oxygens (including phenoxy) is 3. The van der Waals surface area contributed by atoms with Gasteiger partial charge in [0, 0.05) is 12.8 Å². The molecule has 0 radical (unpaired) electrons. The zero-order valence-corrected chi connectivity index (χ0v) is 13.0. The minimum Gasteiger partial charge on any atom is -0.464 e. The van der Waals surface area contributed by atoms with Crippen LogP contribution in [0.5, 0.6) is 0 Å². The molecule has 0 bridgehead atoms. The van der Waals surface area contributed by atoms with E-state index in [1.54, 1.807) is 19.9 Å². The Hall–Kier alpha value is -2.05. The van der Waals surface area contributed by atoms with E-state index < -0.39 is 24.2 Å². The Morgan fingerprint density at radius 3 is 2.55 bits per heavy atom. The molecule has 1 fully saturated rings. The molecule has 1 saturated heterocycles. The Morgan fingerprint density at radius 1 is 1.27 bits per heavy atom. The van der Waals surface area contributed by atoms with Gasteiger partial charge in [0.15, 0.2) is 6.23 Å². The molecule has 0 aromatic heterocycles. The van der Waals surface area contributed by atoms with Crippen LogP contribution < -0.4 is 0 Å². The third-order valence-electron chi connectivity index (χ3n) is 3.79. The van der Waals surface area contributed by atoms with Gasteiger partial charge in [-0.25, -0.2) is 9.59 Å². The summed E-state index contributed by atoms with van der Waals surface area (Å²) >= 11 is 0. The molecule has 0 N–H and O–H groups in total. The van der Waals surface area contributed by atoms with Crippen LogP contribution in [-0.4, -0.2) is 48.2 Å². The van der Waals surface area contributed by atoms with Crippen molar-refractivity contribution in [2.75, 3.05) is 13.2 Å². The molecule has 0 aromatic rings. The van der Waals surface area contributed by atoms with E-state index in [4.69, 9.17) is 14.2 Å². The van der Waals surface area contributed by atoms with Crippen molar-refractivity contribution in [3.63, 3.8) is 0 Å². The second kappa shape index (κ2) is 6.81. The molecule has 0 unspecified atom stereocenters. The number of hydrogen-bond donors (Lipinski definition) is 0. The van der Waals surface area contributed by atoms with E-state index in [9.17, 15) is 14.4 Å². The number of likely N-dealkylation sites (tertiary alicyclic amines) is 1. The number of amides is 1. The highest BCUT2D eigenvalue weighted by molar-refractivity contribution is 5.87. The lowest BCUT2D eigenvalue weighted by molar-refractivity contribution is -0.162. The number of nitrogens with zero attached hydrogens (tertiary/aromatic N) is 1. The minimum absolute atomic E-state index is 0.0310. The molecule has 3 atom stereocenters. The van der Waals surface area contributed by atoms with E-state index in [0.717, 1.165) is 0 Å². The molecule has 7 heteroatoms. The number of carbonyl (C=O) groups is 3. The first-order valence-corrected chi connectivity index (χ1v) is 7.49. The average Bonchev–Trinajstić information content (AvgIpc) is 2.86. The molecule has 122 valence electrons. The fourth-order valence-electron chi connectivity index (χ4n) is 2.90. The first-order chi connectivity index (χ1) is 10.5. The van der Waals surface area contributed by atoms with E-state index in [1.807, 2.05) is 0 Å². The van der Waals surface area contributed by atoms with Gasteiger partial charge in [-0.2, -0.15) is 0 Å². The summed E-state index contributed by atoms with van der Waals surface area (Å²) in [6, 6.07) is -0.664. The maximum atomic E-state index is 12.0. The number of allylic oxidation sites excluding steroid dienone is 1. The summed E-state index contributed by atoms with van der Waals surface area (Å²) < 4.78 is 15.6. The maximum Gasteiger partial charge on any atom is 0.373 e. The highest BCUT2D eigenvalue weighted by Gasteiger charge is 2.49. The third-order valence-corrected chi connectivity index (χ3v) is 3.79. The summed E-state index contributed by atoms with van der Waals surface area (Å²) in [6.07, 6.45) is 2.05. The number of esters is 2. The monoisotopic (exact) mass is 311 g/mol. The molecule has 1 amide bonds. The normalized spacial score (nSPS) is 26.6. The summed E-state index contributed by atoms with van der Waals surface area (Å²) in [4.78, 5) is 37.1. The second-order valence-electron chi connectivity index (χ2n) is 5.22. The Bertz CT molecular complexity index is 500. The first-order valence-electron chi connectivity index (χ1n) is 7.49. The van der Waals surface area contributed by atoms with Crippen LogP contribution in [0.1, 0.15) is 33.6 Å². The molecule has 0 spiro atoms. The quantitative estimate of drug-likeness (QED) is 0.720. The smallest absolute Gasteiger partial charge is 0.373 e. The molecule has 0 aliphatic carbocycles. The van der Waals surface area contributed by atoms with Crippen molar-refractivity contribution in [3.05, 3.63) is 11.8 Å². The Morgan fingerprint density at radius 2 is 1.95 bits per heavy atom. The Labute approximate surface area is 129 Å². The molecule has 2 heterocycles.